The Labute approximate surface area is 178 Å². The van der Waals surface area contributed by atoms with Crippen molar-refractivity contribution in [3.63, 3.8) is 0 Å². The lowest BCUT2D eigenvalue weighted by atomic mass is 10.2. The summed E-state index contributed by atoms with van der Waals surface area (Å²) in [6, 6.07) is 8.87. The Morgan fingerprint density at radius 3 is 2.60 bits per heavy atom. The molecule has 2 aliphatic rings. The second-order valence-electron chi connectivity index (χ2n) is 8.01. The van der Waals surface area contributed by atoms with Gasteiger partial charge in [-0.2, -0.15) is 0 Å². The van der Waals surface area contributed by atoms with E-state index in [0.717, 1.165) is 65.5 Å². The van der Waals surface area contributed by atoms with E-state index in [4.69, 9.17) is 0 Å². The maximum Gasteiger partial charge on any atom is 0.237 e. The second kappa shape index (κ2) is 7.92. The molecule has 0 radical (unpaired) electrons. The molecule has 1 N–H and O–H groups in total. The summed E-state index contributed by atoms with van der Waals surface area (Å²) in [6.07, 6.45) is 3.82. The number of fused-ring (bicyclic) bond motifs is 1. The van der Waals surface area contributed by atoms with Gasteiger partial charge in [-0.15, -0.1) is 11.3 Å². The van der Waals surface area contributed by atoms with E-state index in [2.05, 4.69) is 25.1 Å². The number of thiophene rings is 1. The number of nitrogens with zero attached hydrogens (tertiary/aromatic N) is 4. The number of piperazine rings is 1. The summed E-state index contributed by atoms with van der Waals surface area (Å²) < 4.78 is 14.3. The largest absolute Gasteiger partial charge is 0.353 e. The van der Waals surface area contributed by atoms with Gasteiger partial charge >= 0.3 is 0 Å². The molecular formula is C22H24FN5OS. The molecule has 3 aromatic rings. The highest BCUT2D eigenvalue weighted by molar-refractivity contribution is 7.22. The Bertz CT molecular complexity index is 1060. The topological polar surface area (TPSA) is 61.4 Å². The van der Waals surface area contributed by atoms with Crippen molar-refractivity contribution in [2.24, 2.45) is 0 Å². The molecule has 0 spiro atoms. The third-order valence-electron chi connectivity index (χ3n) is 5.89. The smallest absolute Gasteiger partial charge is 0.237 e. The minimum absolute atomic E-state index is 0.106. The molecular weight excluding hydrogens is 401 g/mol. The number of rotatable bonds is 5. The van der Waals surface area contributed by atoms with Crippen molar-refractivity contribution >= 4 is 33.3 Å². The molecule has 3 heterocycles. The summed E-state index contributed by atoms with van der Waals surface area (Å²) in [5.41, 5.74) is 1.88. The van der Waals surface area contributed by atoms with Crippen LogP contribution in [0.4, 0.5) is 10.2 Å². The molecule has 2 fully saturated rings. The van der Waals surface area contributed by atoms with Crippen LogP contribution >= 0.6 is 11.3 Å². The molecule has 8 heteroatoms. The highest BCUT2D eigenvalue weighted by Gasteiger charge is 2.30. The highest BCUT2D eigenvalue weighted by atomic mass is 32.1. The van der Waals surface area contributed by atoms with Gasteiger partial charge in [-0.25, -0.2) is 14.4 Å². The van der Waals surface area contributed by atoms with Crippen LogP contribution in [0.5, 0.6) is 0 Å². The first kappa shape index (κ1) is 19.4. The molecule has 1 amide bonds. The van der Waals surface area contributed by atoms with E-state index in [-0.39, 0.29) is 17.8 Å². The SMILES string of the molecule is C[C@@H](C(=O)NC1CC1)N1CCN(c2ncnc3cc(-c4ccc(F)cc4)sc23)CC1. The van der Waals surface area contributed by atoms with Gasteiger partial charge in [0.25, 0.3) is 0 Å². The first-order chi connectivity index (χ1) is 14.6. The lowest BCUT2D eigenvalue weighted by Crippen LogP contribution is -2.54. The van der Waals surface area contributed by atoms with Gasteiger partial charge in [0.2, 0.25) is 5.91 Å². The zero-order valence-electron chi connectivity index (χ0n) is 16.8. The van der Waals surface area contributed by atoms with Crippen molar-refractivity contribution in [1.82, 2.24) is 20.2 Å². The van der Waals surface area contributed by atoms with Crippen LogP contribution in [0.1, 0.15) is 19.8 Å². The van der Waals surface area contributed by atoms with E-state index >= 15 is 0 Å². The molecule has 156 valence electrons. The number of hydrogen-bond acceptors (Lipinski definition) is 6. The van der Waals surface area contributed by atoms with Gasteiger partial charge in [0.1, 0.15) is 18.0 Å². The lowest BCUT2D eigenvalue weighted by molar-refractivity contribution is -0.126. The van der Waals surface area contributed by atoms with Crippen molar-refractivity contribution in [3.05, 3.63) is 42.5 Å². The molecule has 1 saturated carbocycles. The molecule has 1 aliphatic heterocycles. The van der Waals surface area contributed by atoms with E-state index in [1.807, 2.05) is 13.0 Å². The normalized spacial score (nSPS) is 18.5. The first-order valence-corrected chi connectivity index (χ1v) is 11.2. The summed E-state index contributed by atoms with van der Waals surface area (Å²) >= 11 is 1.64. The fourth-order valence-corrected chi connectivity index (χ4v) is 4.99. The fraction of sp³-hybridized carbons (Fsp3) is 0.409. The molecule has 5 rings (SSSR count). The number of carbonyl (C=O) groups excluding carboxylic acids is 1. The third-order valence-corrected chi connectivity index (χ3v) is 7.06. The molecule has 0 unspecified atom stereocenters. The maximum absolute atomic E-state index is 13.3. The molecule has 1 saturated heterocycles. The van der Waals surface area contributed by atoms with Crippen LogP contribution in [0.25, 0.3) is 20.7 Å². The van der Waals surface area contributed by atoms with Crippen molar-refractivity contribution in [1.29, 1.82) is 0 Å². The van der Waals surface area contributed by atoms with Gasteiger partial charge in [0.05, 0.1) is 16.3 Å². The summed E-state index contributed by atoms with van der Waals surface area (Å²) in [5.74, 6) is 0.837. The summed E-state index contributed by atoms with van der Waals surface area (Å²) in [6.45, 7) is 5.26. The number of anilines is 1. The maximum atomic E-state index is 13.3. The minimum Gasteiger partial charge on any atom is -0.353 e. The Kier molecular flexibility index (Phi) is 5.12. The zero-order valence-corrected chi connectivity index (χ0v) is 17.7. The number of amides is 1. The minimum atomic E-state index is -0.238. The van der Waals surface area contributed by atoms with Crippen molar-refractivity contribution in [3.8, 4) is 10.4 Å². The van der Waals surface area contributed by atoms with Crippen LogP contribution in [0.3, 0.4) is 0 Å². The highest BCUT2D eigenvalue weighted by Crippen LogP contribution is 2.37. The average Bonchev–Trinajstić information content (AvgIpc) is 3.47. The zero-order chi connectivity index (χ0) is 20.7. The molecule has 6 nitrogen and oxygen atoms in total. The van der Waals surface area contributed by atoms with Gasteiger partial charge in [0.15, 0.2) is 0 Å². The van der Waals surface area contributed by atoms with E-state index in [9.17, 15) is 9.18 Å². The van der Waals surface area contributed by atoms with Crippen LogP contribution in [0.2, 0.25) is 0 Å². The summed E-state index contributed by atoms with van der Waals surface area (Å²) in [7, 11) is 0. The number of benzene rings is 1. The number of hydrogen-bond donors (Lipinski definition) is 1. The van der Waals surface area contributed by atoms with Gasteiger partial charge in [-0.05, 0) is 43.5 Å². The fourth-order valence-electron chi connectivity index (χ4n) is 3.86. The molecule has 1 aliphatic carbocycles. The second-order valence-corrected chi connectivity index (χ2v) is 9.06. The molecule has 1 atom stereocenters. The summed E-state index contributed by atoms with van der Waals surface area (Å²) in [4.78, 5) is 26.9. The molecule has 2 aromatic heterocycles. The van der Waals surface area contributed by atoms with E-state index < -0.39 is 0 Å². The Morgan fingerprint density at radius 2 is 1.90 bits per heavy atom. The van der Waals surface area contributed by atoms with Crippen LogP contribution in [-0.2, 0) is 4.79 Å². The van der Waals surface area contributed by atoms with E-state index in [1.165, 1.54) is 12.1 Å². The monoisotopic (exact) mass is 425 g/mol. The number of carbonyl (C=O) groups is 1. The number of halogens is 1. The van der Waals surface area contributed by atoms with Gasteiger partial charge in [-0.1, -0.05) is 12.1 Å². The van der Waals surface area contributed by atoms with Crippen molar-refractivity contribution in [2.75, 3.05) is 31.1 Å². The van der Waals surface area contributed by atoms with Gasteiger partial charge < -0.3 is 10.2 Å². The first-order valence-electron chi connectivity index (χ1n) is 10.4. The van der Waals surface area contributed by atoms with Crippen LogP contribution in [0.15, 0.2) is 36.7 Å². The standard InChI is InChI=1S/C22H24FN5OS/c1-14(22(29)26-17-6-7-17)27-8-10-28(11-9-27)21-20-18(24-13-25-21)12-19(30-20)15-2-4-16(23)5-3-15/h2-5,12-14,17H,6-11H2,1H3,(H,26,29)/t14-/m0/s1. The van der Waals surface area contributed by atoms with E-state index in [0.29, 0.717) is 6.04 Å². The van der Waals surface area contributed by atoms with Crippen molar-refractivity contribution < 1.29 is 9.18 Å². The Hall–Kier alpha value is -2.58. The predicted molar refractivity (Wildman–Crippen MR) is 117 cm³/mol. The van der Waals surface area contributed by atoms with Crippen molar-refractivity contribution in [2.45, 2.75) is 31.8 Å². The number of aromatic nitrogens is 2. The quantitative estimate of drug-likeness (QED) is 0.680. The Balaban J connectivity index is 1.31. The van der Waals surface area contributed by atoms with Crippen LogP contribution < -0.4 is 10.2 Å². The summed E-state index contributed by atoms with van der Waals surface area (Å²) in [5, 5.41) is 3.10. The Morgan fingerprint density at radius 1 is 1.17 bits per heavy atom. The predicted octanol–water partition coefficient (Wildman–Crippen LogP) is 3.29. The lowest BCUT2D eigenvalue weighted by Gasteiger charge is -2.38. The molecule has 0 bridgehead atoms. The van der Waals surface area contributed by atoms with Crippen LogP contribution in [-0.4, -0.2) is 59.0 Å². The van der Waals surface area contributed by atoms with Gasteiger partial charge in [-0.3, -0.25) is 9.69 Å². The molecule has 30 heavy (non-hydrogen) atoms. The average molecular weight is 426 g/mol. The van der Waals surface area contributed by atoms with Gasteiger partial charge in [0, 0.05) is 37.1 Å². The van der Waals surface area contributed by atoms with E-state index in [1.54, 1.807) is 29.8 Å². The van der Waals surface area contributed by atoms with Crippen LogP contribution in [0, 0.1) is 5.82 Å². The molecule has 1 aromatic carbocycles. The number of nitrogens with one attached hydrogen (secondary N) is 1. The third kappa shape index (κ3) is 3.89.